The van der Waals surface area contributed by atoms with Gasteiger partial charge in [-0.15, -0.1) is 0 Å². The monoisotopic (exact) mass is 346 g/mol. The number of nitrogens with zero attached hydrogens (tertiary/aromatic N) is 1. The Hall–Kier alpha value is -2.07. The lowest BCUT2D eigenvalue weighted by Crippen LogP contribution is -2.27. The van der Waals surface area contributed by atoms with E-state index in [1.165, 1.54) is 0 Å². The van der Waals surface area contributed by atoms with Gasteiger partial charge in [-0.05, 0) is 68.9 Å². The van der Waals surface area contributed by atoms with Crippen molar-refractivity contribution in [3.8, 4) is 5.75 Å². The number of halogens is 1. The van der Waals surface area contributed by atoms with Crippen molar-refractivity contribution in [1.29, 1.82) is 0 Å². The molecule has 24 heavy (non-hydrogen) atoms. The van der Waals surface area contributed by atoms with Gasteiger partial charge in [0.15, 0.2) is 6.61 Å². The smallest absolute Gasteiger partial charge is 0.277 e. The standard InChI is InChI=1S/C19H23ClN2O2/c1-12(2)15-6-5-13(3)18(10-15)21-22-19(23)11-24-16-7-8-17(20)14(4)9-16/h5,7-9,15H,1,6,10-11H2,2-4H3,(H,22,23)/b21-18+. The van der Waals surface area contributed by atoms with Gasteiger partial charge in [0.1, 0.15) is 5.75 Å². The highest BCUT2D eigenvalue weighted by atomic mass is 35.5. The van der Waals surface area contributed by atoms with Crippen molar-refractivity contribution in [1.82, 2.24) is 5.43 Å². The van der Waals surface area contributed by atoms with Crippen molar-refractivity contribution >= 4 is 23.2 Å². The number of amides is 1. The zero-order valence-electron chi connectivity index (χ0n) is 14.4. The number of rotatable bonds is 5. The summed E-state index contributed by atoms with van der Waals surface area (Å²) in [6.45, 7) is 9.83. The maximum absolute atomic E-state index is 11.9. The van der Waals surface area contributed by atoms with Crippen LogP contribution in [0.15, 0.2) is 47.1 Å². The fraction of sp³-hybridized carbons (Fsp3) is 0.368. The van der Waals surface area contributed by atoms with Crippen molar-refractivity contribution in [3.63, 3.8) is 0 Å². The van der Waals surface area contributed by atoms with Crippen LogP contribution in [0.4, 0.5) is 0 Å². The van der Waals surface area contributed by atoms with Gasteiger partial charge in [0, 0.05) is 5.02 Å². The Morgan fingerprint density at radius 1 is 1.46 bits per heavy atom. The van der Waals surface area contributed by atoms with E-state index in [0.29, 0.717) is 16.7 Å². The highest BCUT2D eigenvalue weighted by molar-refractivity contribution is 6.31. The Morgan fingerprint density at radius 2 is 2.21 bits per heavy atom. The third kappa shape index (κ3) is 4.96. The molecule has 0 radical (unpaired) electrons. The zero-order valence-corrected chi connectivity index (χ0v) is 15.1. The molecule has 1 unspecified atom stereocenters. The molecule has 0 saturated carbocycles. The summed E-state index contributed by atoms with van der Waals surface area (Å²) in [6.07, 6.45) is 3.92. The minimum Gasteiger partial charge on any atom is -0.484 e. The summed E-state index contributed by atoms with van der Waals surface area (Å²) in [7, 11) is 0. The number of aryl methyl sites for hydroxylation is 1. The lowest BCUT2D eigenvalue weighted by molar-refractivity contribution is -0.123. The van der Waals surface area contributed by atoms with E-state index in [0.717, 1.165) is 35.3 Å². The lowest BCUT2D eigenvalue weighted by atomic mass is 9.85. The molecule has 5 heteroatoms. The van der Waals surface area contributed by atoms with Crippen LogP contribution in [0.5, 0.6) is 5.75 Å². The van der Waals surface area contributed by atoms with Crippen molar-refractivity contribution in [2.75, 3.05) is 6.61 Å². The van der Waals surface area contributed by atoms with Crippen molar-refractivity contribution in [2.45, 2.75) is 33.6 Å². The van der Waals surface area contributed by atoms with Gasteiger partial charge in [-0.3, -0.25) is 4.79 Å². The van der Waals surface area contributed by atoms with Gasteiger partial charge < -0.3 is 4.74 Å². The molecule has 0 fully saturated rings. The number of nitrogens with one attached hydrogen (secondary N) is 1. The number of hydrogen-bond donors (Lipinski definition) is 1. The van der Waals surface area contributed by atoms with Crippen molar-refractivity contribution in [2.24, 2.45) is 11.0 Å². The molecule has 4 nitrogen and oxygen atoms in total. The van der Waals surface area contributed by atoms with Crippen LogP contribution in [0.3, 0.4) is 0 Å². The fourth-order valence-electron chi connectivity index (χ4n) is 2.44. The normalized spacial score (nSPS) is 18.9. The molecule has 0 spiro atoms. The van der Waals surface area contributed by atoms with Gasteiger partial charge in [0.2, 0.25) is 0 Å². The molecule has 1 aromatic carbocycles. The highest BCUT2D eigenvalue weighted by Crippen LogP contribution is 2.26. The number of carbonyl (C=O) groups excluding carboxylic acids is 1. The van der Waals surface area contributed by atoms with Crippen LogP contribution in [0.25, 0.3) is 0 Å². The molecule has 0 aromatic heterocycles. The number of ether oxygens (including phenoxy) is 1. The Balaban J connectivity index is 1.90. The number of hydrazone groups is 1. The van der Waals surface area contributed by atoms with E-state index < -0.39 is 0 Å². The summed E-state index contributed by atoms with van der Waals surface area (Å²) in [5, 5.41) is 4.92. The Morgan fingerprint density at radius 3 is 2.88 bits per heavy atom. The summed E-state index contributed by atoms with van der Waals surface area (Å²) < 4.78 is 5.46. The summed E-state index contributed by atoms with van der Waals surface area (Å²) in [6, 6.07) is 5.28. The molecule has 2 rings (SSSR count). The Kier molecular flexibility index (Phi) is 6.21. The van der Waals surface area contributed by atoms with Crippen LogP contribution in [-0.2, 0) is 4.79 Å². The van der Waals surface area contributed by atoms with E-state index in [4.69, 9.17) is 16.3 Å². The predicted octanol–water partition coefficient (Wildman–Crippen LogP) is 4.43. The average Bonchev–Trinajstić information content (AvgIpc) is 2.55. The lowest BCUT2D eigenvalue weighted by Gasteiger charge is -2.22. The predicted molar refractivity (Wildman–Crippen MR) is 98.6 cm³/mol. The van der Waals surface area contributed by atoms with Gasteiger partial charge in [-0.2, -0.15) is 5.10 Å². The van der Waals surface area contributed by atoms with Gasteiger partial charge in [0.25, 0.3) is 5.91 Å². The molecule has 1 N–H and O–H groups in total. The van der Waals surface area contributed by atoms with E-state index >= 15 is 0 Å². The molecule has 0 bridgehead atoms. The van der Waals surface area contributed by atoms with Crippen molar-refractivity contribution in [3.05, 3.63) is 52.6 Å². The van der Waals surface area contributed by atoms with Gasteiger partial charge in [-0.1, -0.05) is 29.8 Å². The highest BCUT2D eigenvalue weighted by Gasteiger charge is 2.18. The van der Waals surface area contributed by atoms with E-state index in [2.05, 4.69) is 23.2 Å². The minimum atomic E-state index is -0.291. The maximum Gasteiger partial charge on any atom is 0.277 e. The Bertz CT molecular complexity index is 707. The molecule has 0 heterocycles. The molecular formula is C19H23ClN2O2. The van der Waals surface area contributed by atoms with Crippen LogP contribution >= 0.6 is 11.6 Å². The molecule has 1 aliphatic carbocycles. The third-order valence-corrected chi connectivity index (χ3v) is 4.54. The largest absolute Gasteiger partial charge is 0.484 e. The molecule has 0 saturated heterocycles. The van der Waals surface area contributed by atoms with E-state index in [-0.39, 0.29) is 12.5 Å². The number of hydrogen-bond acceptors (Lipinski definition) is 3. The first-order valence-corrected chi connectivity index (χ1v) is 8.31. The molecule has 1 aromatic rings. The SMILES string of the molecule is C=C(C)C1CC=C(C)/C(=N/NC(=O)COc2ccc(Cl)c(C)c2)C1. The summed E-state index contributed by atoms with van der Waals surface area (Å²) in [5.74, 6) is 0.703. The molecule has 0 aliphatic heterocycles. The summed E-state index contributed by atoms with van der Waals surface area (Å²) in [5.41, 5.74) is 6.60. The summed E-state index contributed by atoms with van der Waals surface area (Å²) >= 11 is 5.96. The fourth-order valence-corrected chi connectivity index (χ4v) is 2.56. The van der Waals surface area contributed by atoms with Gasteiger partial charge in [-0.25, -0.2) is 5.43 Å². The van der Waals surface area contributed by atoms with Crippen LogP contribution in [0.2, 0.25) is 5.02 Å². The first kappa shape index (κ1) is 18.3. The third-order valence-electron chi connectivity index (χ3n) is 4.12. The topological polar surface area (TPSA) is 50.7 Å². The second kappa shape index (κ2) is 8.15. The number of allylic oxidation sites excluding steroid dienone is 3. The molecular weight excluding hydrogens is 324 g/mol. The van der Waals surface area contributed by atoms with E-state index in [1.54, 1.807) is 18.2 Å². The molecule has 1 aliphatic rings. The van der Waals surface area contributed by atoms with Crippen LogP contribution in [-0.4, -0.2) is 18.2 Å². The van der Waals surface area contributed by atoms with E-state index in [1.807, 2.05) is 20.8 Å². The first-order valence-electron chi connectivity index (χ1n) is 7.93. The number of carbonyl (C=O) groups is 1. The zero-order chi connectivity index (χ0) is 17.7. The maximum atomic E-state index is 11.9. The summed E-state index contributed by atoms with van der Waals surface area (Å²) in [4.78, 5) is 11.9. The van der Waals surface area contributed by atoms with Gasteiger partial charge in [0.05, 0.1) is 5.71 Å². The molecule has 1 amide bonds. The molecule has 128 valence electrons. The van der Waals surface area contributed by atoms with Crippen LogP contribution < -0.4 is 10.2 Å². The first-order chi connectivity index (χ1) is 11.4. The molecule has 1 atom stereocenters. The second-order valence-corrected chi connectivity index (χ2v) is 6.57. The van der Waals surface area contributed by atoms with Crippen molar-refractivity contribution < 1.29 is 9.53 Å². The van der Waals surface area contributed by atoms with Gasteiger partial charge >= 0.3 is 0 Å². The van der Waals surface area contributed by atoms with Crippen LogP contribution in [0, 0.1) is 12.8 Å². The minimum absolute atomic E-state index is 0.0927. The quantitative estimate of drug-likeness (QED) is 0.633. The average molecular weight is 347 g/mol. The van der Waals surface area contributed by atoms with Crippen LogP contribution in [0.1, 0.15) is 32.3 Å². The number of benzene rings is 1. The van der Waals surface area contributed by atoms with E-state index in [9.17, 15) is 4.79 Å². The second-order valence-electron chi connectivity index (χ2n) is 6.16. The Labute approximate surface area is 148 Å².